The minimum Gasteiger partial charge on any atom is -0.493 e. The Hall–Kier alpha value is -2.74. The Bertz CT molecular complexity index is 966. The second kappa shape index (κ2) is 8.55. The Kier molecular flexibility index (Phi) is 5.85. The highest BCUT2D eigenvalue weighted by Crippen LogP contribution is 2.46. The molecule has 2 atom stereocenters. The van der Waals surface area contributed by atoms with Gasteiger partial charge in [0.05, 0.1) is 19.9 Å². The lowest BCUT2D eigenvalue weighted by molar-refractivity contribution is -0.139. The first kappa shape index (κ1) is 20.5. The summed E-state index contributed by atoms with van der Waals surface area (Å²) in [4.78, 5) is 27.8. The predicted octanol–water partition coefficient (Wildman–Crippen LogP) is 3.83. The van der Waals surface area contributed by atoms with Crippen LogP contribution >= 0.6 is 11.8 Å². The van der Waals surface area contributed by atoms with Crippen LogP contribution in [0.5, 0.6) is 11.5 Å². The van der Waals surface area contributed by atoms with E-state index in [1.807, 2.05) is 12.1 Å². The minimum atomic E-state index is -0.680. The molecule has 2 fully saturated rings. The molecule has 2 unspecified atom stereocenters. The van der Waals surface area contributed by atoms with Gasteiger partial charge in [0.1, 0.15) is 17.2 Å². The lowest BCUT2D eigenvalue weighted by Gasteiger charge is -2.29. The van der Waals surface area contributed by atoms with E-state index in [0.717, 1.165) is 18.4 Å². The average Bonchev–Trinajstić information content (AvgIpc) is 3.52. The summed E-state index contributed by atoms with van der Waals surface area (Å²) >= 11 is 1.52. The van der Waals surface area contributed by atoms with Crippen molar-refractivity contribution in [1.29, 1.82) is 0 Å². The zero-order valence-electron chi connectivity index (χ0n) is 16.8. The summed E-state index contributed by atoms with van der Waals surface area (Å²) in [7, 11) is 3.12. The molecule has 2 aromatic carbocycles. The third-order valence-electron chi connectivity index (χ3n) is 5.31. The maximum Gasteiger partial charge on any atom is 0.248 e. The smallest absolute Gasteiger partial charge is 0.248 e. The molecule has 30 heavy (non-hydrogen) atoms. The molecule has 4 rings (SSSR count). The van der Waals surface area contributed by atoms with Gasteiger partial charge in [-0.05, 0) is 42.7 Å². The normalized spacial score (nSPS) is 20.7. The molecule has 8 heteroatoms. The fraction of sp³-hybridized carbons (Fsp3) is 0.364. The van der Waals surface area contributed by atoms with Crippen molar-refractivity contribution in [2.45, 2.75) is 24.3 Å². The number of carbonyl (C=O) groups excluding carboxylic acids is 2. The van der Waals surface area contributed by atoms with Crippen molar-refractivity contribution < 1.29 is 23.5 Å². The van der Waals surface area contributed by atoms with E-state index in [9.17, 15) is 14.0 Å². The number of hydrogen-bond donors (Lipinski definition) is 1. The van der Waals surface area contributed by atoms with Crippen LogP contribution in [0.2, 0.25) is 0 Å². The van der Waals surface area contributed by atoms with Crippen molar-refractivity contribution in [2.75, 3.05) is 25.3 Å². The van der Waals surface area contributed by atoms with E-state index in [1.165, 1.54) is 23.9 Å². The molecule has 2 aromatic rings. The van der Waals surface area contributed by atoms with Gasteiger partial charge in [0, 0.05) is 11.7 Å². The van der Waals surface area contributed by atoms with Gasteiger partial charge in [-0.3, -0.25) is 9.59 Å². The Labute approximate surface area is 178 Å². The Morgan fingerprint density at radius 3 is 2.50 bits per heavy atom. The summed E-state index contributed by atoms with van der Waals surface area (Å²) < 4.78 is 24.7. The maximum atomic E-state index is 14.0. The van der Waals surface area contributed by atoms with Gasteiger partial charge in [0.15, 0.2) is 11.5 Å². The minimum absolute atomic E-state index is 0.0338. The van der Waals surface area contributed by atoms with Crippen LogP contribution in [0.15, 0.2) is 42.5 Å². The number of carbonyl (C=O) groups is 2. The number of methoxy groups -OCH3 is 2. The summed E-state index contributed by atoms with van der Waals surface area (Å²) in [5.41, 5.74) is 0.966. The van der Waals surface area contributed by atoms with E-state index >= 15 is 0 Å². The molecule has 6 nitrogen and oxygen atoms in total. The summed E-state index contributed by atoms with van der Waals surface area (Å²) in [5.74, 6) is 0.616. The molecule has 1 N–H and O–H groups in total. The lowest BCUT2D eigenvalue weighted by atomic mass is 10.1. The zero-order valence-corrected chi connectivity index (χ0v) is 17.6. The highest BCUT2D eigenvalue weighted by molar-refractivity contribution is 7.99. The molecule has 0 spiro atoms. The SMILES string of the molecule is COc1ccc(C2SCC(C(=O)Nc3ccccc3F)N2C(=O)C2CC2)cc1OC. The van der Waals surface area contributed by atoms with Crippen LogP contribution in [0.25, 0.3) is 0 Å². The predicted molar refractivity (Wildman–Crippen MR) is 113 cm³/mol. The van der Waals surface area contributed by atoms with Gasteiger partial charge in [0.25, 0.3) is 0 Å². The quantitative estimate of drug-likeness (QED) is 0.754. The average molecular weight is 431 g/mol. The molecule has 2 aliphatic rings. The van der Waals surface area contributed by atoms with Gasteiger partial charge in [-0.25, -0.2) is 4.39 Å². The Balaban J connectivity index is 1.62. The van der Waals surface area contributed by atoms with Crippen LogP contribution in [0, 0.1) is 11.7 Å². The standard InChI is InChI=1S/C22H23FN2O4S/c1-28-18-10-9-14(11-19(18)29-2)22-25(21(27)13-7-8-13)17(12-30-22)20(26)24-16-6-4-3-5-15(16)23/h3-6,9-11,13,17,22H,7-8,12H2,1-2H3,(H,24,26). The van der Waals surface area contributed by atoms with E-state index in [0.29, 0.717) is 17.3 Å². The maximum absolute atomic E-state index is 14.0. The molecule has 2 amide bonds. The molecule has 0 radical (unpaired) electrons. The monoisotopic (exact) mass is 430 g/mol. The van der Waals surface area contributed by atoms with Crippen LogP contribution in [-0.4, -0.2) is 42.7 Å². The van der Waals surface area contributed by atoms with Gasteiger partial charge in [-0.15, -0.1) is 11.8 Å². The van der Waals surface area contributed by atoms with E-state index in [1.54, 1.807) is 37.3 Å². The number of anilines is 1. The van der Waals surface area contributed by atoms with Crippen molar-refractivity contribution in [2.24, 2.45) is 5.92 Å². The van der Waals surface area contributed by atoms with Gasteiger partial charge >= 0.3 is 0 Å². The molecule has 1 aliphatic heterocycles. The number of para-hydroxylation sites is 1. The molecule has 158 valence electrons. The van der Waals surface area contributed by atoms with Crippen molar-refractivity contribution >= 4 is 29.3 Å². The van der Waals surface area contributed by atoms with Crippen LogP contribution in [-0.2, 0) is 9.59 Å². The second-order valence-corrected chi connectivity index (χ2v) is 8.42. The molecular formula is C22H23FN2O4S. The first-order valence-electron chi connectivity index (χ1n) is 9.74. The van der Waals surface area contributed by atoms with Gasteiger partial charge in [-0.1, -0.05) is 18.2 Å². The summed E-state index contributed by atoms with van der Waals surface area (Å²) in [6, 6.07) is 10.8. The fourth-order valence-corrected chi connectivity index (χ4v) is 4.99. The number of rotatable bonds is 6. The largest absolute Gasteiger partial charge is 0.493 e. The number of ether oxygens (including phenoxy) is 2. The number of benzene rings is 2. The second-order valence-electron chi connectivity index (χ2n) is 7.30. The molecule has 0 aromatic heterocycles. The molecule has 1 saturated heterocycles. The third kappa shape index (κ3) is 3.96. The first-order chi connectivity index (χ1) is 14.5. The first-order valence-corrected chi connectivity index (χ1v) is 10.8. The summed E-state index contributed by atoms with van der Waals surface area (Å²) in [6.45, 7) is 0. The molecule has 1 saturated carbocycles. The number of nitrogens with zero attached hydrogens (tertiary/aromatic N) is 1. The van der Waals surface area contributed by atoms with Gasteiger partial charge in [-0.2, -0.15) is 0 Å². The number of nitrogens with one attached hydrogen (secondary N) is 1. The topological polar surface area (TPSA) is 67.9 Å². The van der Waals surface area contributed by atoms with Crippen molar-refractivity contribution in [3.63, 3.8) is 0 Å². The molecular weight excluding hydrogens is 407 g/mol. The highest BCUT2D eigenvalue weighted by atomic mass is 32.2. The lowest BCUT2D eigenvalue weighted by Crippen LogP contribution is -2.46. The molecule has 1 aliphatic carbocycles. The Morgan fingerprint density at radius 2 is 1.83 bits per heavy atom. The number of halogens is 1. The van der Waals surface area contributed by atoms with E-state index in [-0.39, 0.29) is 28.8 Å². The number of thioether (sulfide) groups is 1. The summed E-state index contributed by atoms with van der Waals surface area (Å²) in [6.07, 6.45) is 1.67. The van der Waals surface area contributed by atoms with Crippen molar-refractivity contribution in [3.05, 3.63) is 53.8 Å². The van der Waals surface area contributed by atoms with E-state index in [4.69, 9.17) is 9.47 Å². The van der Waals surface area contributed by atoms with Gasteiger partial charge < -0.3 is 19.7 Å². The molecule has 0 bridgehead atoms. The van der Waals surface area contributed by atoms with Crippen molar-refractivity contribution in [1.82, 2.24) is 4.90 Å². The van der Waals surface area contributed by atoms with Crippen LogP contribution < -0.4 is 14.8 Å². The fourth-order valence-electron chi connectivity index (χ4n) is 3.56. The molecule has 1 heterocycles. The van der Waals surface area contributed by atoms with Crippen molar-refractivity contribution in [3.8, 4) is 11.5 Å². The van der Waals surface area contributed by atoms with E-state index < -0.39 is 11.9 Å². The number of hydrogen-bond acceptors (Lipinski definition) is 5. The summed E-state index contributed by atoms with van der Waals surface area (Å²) in [5, 5.41) is 2.32. The number of amides is 2. The van der Waals surface area contributed by atoms with E-state index in [2.05, 4.69) is 5.32 Å². The third-order valence-corrected chi connectivity index (χ3v) is 6.63. The van der Waals surface area contributed by atoms with Crippen LogP contribution in [0.4, 0.5) is 10.1 Å². The van der Waals surface area contributed by atoms with Crippen LogP contribution in [0.3, 0.4) is 0 Å². The zero-order chi connectivity index (χ0) is 21.3. The van der Waals surface area contributed by atoms with Gasteiger partial charge in [0.2, 0.25) is 11.8 Å². The van der Waals surface area contributed by atoms with Crippen LogP contribution in [0.1, 0.15) is 23.8 Å². The Morgan fingerprint density at radius 1 is 1.10 bits per heavy atom. The highest BCUT2D eigenvalue weighted by Gasteiger charge is 2.46.